The van der Waals surface area contributed by atoms with Crippen molar-refractivity contribution in [1.29, 1.82) is 0 Å². The molecule has 8 nitrogen and oxygen atoms in total. The SMILES string of the molecule is Cc1ccc(S(=O)(=O)N2CCN(Cc3cc(=O)n4nc(-c5ccc(F)cc5)sc4n3)CC2)cc1. The van der Waals surface area contributed by atoms with E-state index in [1.807, 2.05) is 6.92 Å². The molecule has 0 amide bonds. The van der Waals surface area contributed by atoms with Crippen LogP contribution in [0.5, 0.6) is 0 Å². The van der Waals surface area contributed by atoms with Crippen molar-refractivity contribution < 1.29 is 12.8 Å². The molecule has 2 aromatic heterocycles. The molecule has 0 bridgehead atoms. The van der Waals surface area contributed by atoms with E-state index in [2.05, 4.69) is 15.0 Å². The van der Waals surface area contributed by atoms with Crippen LogP contribution in [0, 0.1) is 12.7 Å². The summed E-state index contributed by atoms with van der Waals surface area (Å²) >= 11 is 1.26. The van der Waals surface area contributed by atoms with Crippen LogP contribution < -0.4 is 5.56 Å². The fourth-order valence-electron chi connectivity index (χ4n) is 3.86. The smallest absolute Gasteiger partial charge is 0.275 e. The summed E-state index contributed by atoms with van der Waals surface area (Å²) in [7, 11) is -3.53. The van der Waals surface area contributed by atoms with Gasteiger partial charge in [0, 0.05) is 44.4 Å². The number of sulfonamides is 1. The lowest BCUT2D eigenvalue weighted by Crippen LogP contribution is -2.48. The molecular weight excluding hydrogens is 477 g/mol. The van der Waals surface area contributed by atoms with Gasteiger partial charge in [-0.25, -0.2) is 17.8 Å². The first-order chi connectivity index (χ1) is 16.3. The van der Waals surface area contributed by atoms with Crippen molar-refractivity contribution in [2.45, 2.75) is 18.4 Å². The van der Waals surface area contributed by atoms with Gasteiger partial charge >= 0.3 is 0 Å². The zero-order valence-corrected chi connectivity index (χ0v) is 20.0. The Labute approximate surface area is 200 Å². The Bertz CT molecular complexity index is 1490. The van der Waals surface area contributed by atoms with E-state index in [1.54, 1.807) is 36.4 Å². The van der Waals surface area contributed by atoms with Gasteiger partial charge in [0.1, 0.15) is 10.8 Å². The van der Waals surface area contributed by atoms with Gasteiger partial charge < -0.3 is 0 Å². The lowest BCUT2D eigenvalue weighted by molar-refractivity contribution is 0.180. The first-order valence-corrected chi connectivity index (χ1v) is 13.0. The maximum Gasteiger partial charge on any atom is 0.275 e. The molecule has 3 heterocycles. The molecule has 4 aromatic rings. The van der Waals surface area contributed by atoms with Gasteiger partial charge in [0.2, 0.25) is 15.0 Å². The van der Waals surface area contributed by atoms with E-state index < -0.39 is 10.0 Å². The molecule has 1 aliphatic heterocycles. The Morgan fingerprint density at radius 2 is 1.68 bits per heavy atom. The molecule has 0 spiro atoms. The van der Waals surface area contributed by atoms with Crippen LogP contribution in [0.25, 0.3) is 15.5 Å². The number of nitrogens with zero attached hydrogens (tertiary/aromatic N) is 5. The first kappa shape index (κ1) is 22.8. The van der Waals surface area contributed by atoms with Gasteiger partial charge in [-0.05, 0) is 43.3 Å². The Morgan fingerprint density at radius 3 is 2.35 bits per heavy atom. The molecule has 0 saturated carbocycles. The van der Waals surface area contributed by atoms with E-state index in [1.165, 1.54) is 38.4 Å². The van der Waals surface area contributed by atoms with Crippen LogP contribution in [0.4, 0.5) is 4.39 Å². The highest BCUT2D eigenvalue weighted by Gasteiger charge is 2.28. The van der Waals surface area contributed by atoms with E-state index in [-0.39, 0.29) is 11.4 Å². The molecule has 34 heavy (non-hydrogen) atoms. The lowest BCUT2D eigenvalue weighted by Gasteiger charge is -2.33. The van der Waals surface area contributed by atoms with E-state index in [0.717, 1.165) is 5.56 Å². The van der Waals surface area contributed by atoms with Crippen LogP contribution in [-0.2, 0) is 16.6 Å². The summed E-state index contributed by atoms with van der Waals surface area (Å²) in [5, 5.41) is 4.90. The Kier molecular flexibility index (Phi) is 6.02. The van der Waals surface area contributed by atoms with Crippen LogP contribution >= 0.6 is 11.3 Å². The minimum atomic E-state index is -3.53. The zero-order valence-electron chi connectivity index (χ0n) is 18.4. The van der Waals surface area contributed by atoms with Crippen molar-refractivity contribution in [1.82, 2.24) is 23.8 Å². The second kappa shape index (κ2) is 8.99. The molecule has 2 aromatic carbocycles. The summed E-state index contributed by atoms with van der Waals surface area (Å²) in [6, 6.07) is 14.2. The van der Waals surface area contributed by atoms with Crippen LogP contribution in [-0.4, -0.2) is 58.4 Å². The normalized spacial score (nSPS) is 15.7. The van der Waals surface area contributed by atoms with Crippen LogP contribution in [0.1, 0.15) is 11.3 Å². The second-order valence-corrected chi connectivity index (χ2v) is 11.1. The van der Waals surface area contributed by atoms with E-state index in [4.69, 9.17) is 0 Å². The molecule has 5 rings (SSSR count). The van der Waals surface area contributed by atoms with Crippen LogP contribution in [0.15, 0.2) is 64.3 Å². The molecule has 176 valence electrons. The zero-order chi connectivity index (χ0) is 23.9. The second-order valence-electron chi connectivity index (χ2n) is 8.19. The minimum Gasteiger partial charge on any atom is -0.295 e. The fourth-order valence-corrected chi connectivity index (χ4v) is 6.21. The third-order valence-electron chi connectivity index (χ3n) is 5.76. The predicted octanol–water partition coefficient (Wildman–Crippen LogP) is 2.77. The lowest BCUT2D eigenvalue weighted by atomic mass is 10.2. The quantitative estimate of drug-likeness (QED) is 0.420. The van der Waals surface area contributed by atoms with Crippen molar-refractivity contribution in [3.63, 3.8) is 0 Å². The number of rotatable bonds is 5. The van der Waals surface area contributed by atoms with Crippen molar-refractivity contribution in [3.8, 4) is 10.6 Å². The summed E-state index contributed by atoms with van der Waals surface area (Å²) < 4.78 is 41.8. The monoisotopic (exact) mass is 499 g/mol. The largest absolute Gasteiger partial charge is 0.295 e. The van der Waals surface area contributed by atoms with Gasteiger partial charge in [-0.1, -0.05) is 29.0 Å². The fraction of sp³-hybridized carbons (Fsp3) is 0.261. The number of halogens is 1. The van der Waals surface area contributed by atoms with Crippen LogP contribution in [0.3, 0.4) is 0 Å². The molecule has 11 heteroatoms. The molecule has 0 N–H and O–H groups in total. The van der Waals surface area contributed by atoms with Crippen LogP contribution in [0.2, 0.25) is 0 Å². The number of piperazine rings is 1. The molecule has 0 aliphatic carbocycles. The molecule has 1 fully saturated rings. The number of aromatic nitrogens is 3. The average molecular weight is 500 g/mol. The third kappa shape index (κ3) is 4.51. The number of hydrogen-bond donors (Lipinski definition) is 0. The minimum absolute atomic E-state index is 0.287. The van der Waals surface area contributed by atoms with Gasteiger partial charge in [0.25, 0.3) is 5.56 Å². The van der Waals surface area contributed by atoms with Crippen molar-refractivity contribution in [3.05, 3.63) is 82.0 Å². The standard InChI is InChI=1S/C23H22FN5O3S2/c1-16-2-8-20(9-3-16)34(31,32)28-12-10-27(11-13-28)15-19-14-21(30)29-23(25-19)33-22(26-29)17-4-6-18(24)7-5-17/h2-9,14H,10-13,15H2,1H3. The number of benzene rings is 2. The average Bonchev–Trinajstić information content (AvgIpc) is 3.25. The maximum absolute atomic E-state index is 13.2. The predicted molar refractivity (Wildman–Crippen MR) is 128 cm³/mol. The molecule has 1 aliphatic rings. The molecule has 0 atom stereocenters. The summed E-state index contributed by atoms with van der Waals surface area (Å²) in [4.78, 5) is 20.0. The third-order valence-corrected chi connectivity index (χ3v) is 8.64. The number of fused-ring (bicyclic) bond motifs is 1. The van der Waals surface area contributed by atoms with Gasteiger partial charge in [0.15, 0.2) is 0 Å². The highest BCUT2D eigenvalue weighted by molar-refractivity contribution is 7.89. The highest BCUT2D eigenvalue weighted by Crippen LogP contribution is 2.25. The van der Waals surface area contributed by atoms with E-state index in [0.29, 0.717) is 58.8 Å². The molecule has 0 radical (unpaired) electrons. The Balaban J connectivity index is 1.29. The topological polar surface area (TPSA) is 87.9 Å². The Hall–Kier alpha value is -2.99. The summed E-state index contributed by atoms with van der Waals surface area (Å²) in [6.45, 7) is 4.17. The van der Waals surface area contributed by atoms with E-state index >= 15 is 0 Å². The van der Waals surface area contributed by atoms with Gasteiger partial charge in [-0.15, -0.1) is 0 Å². The molecular formula is C23H22FN5O3S2. The van der Waals surface area contributed by atoms with Gasteiger partial charge in [-0.2, -0.15) is 13.9 Å². The summed E-state index contributed by atoms with van der Waals surface area (Å²) in [5.41, 5.74) is 2.04. The van der Waals surface area contributed by atoms with Crippen molar-refractivity contribution >= 4 is 26.3 Å². The first-order valence-electron chi connectivity index (χ1n) is 10.7. The van der Waals surface area contributed by atoms with Crippen molar-refractivity contribution in [2.75, 3.05) is 26.2 Å². The Morgan fingerprint density at radius 1 is 1.00 bits per heavy atom. The van der Waals surface area contributed by atoms with Gasteiger partial charge in [0.05, 0.1) is 10.6 Å². The summed E-state index contributed by atoms with van der Waals surface area (Å²) in [6.07, 6.45) is 0. The van der Waals surface area contributed by atoms with E-state index in [9.17, 15) is 17.6 Å². The summed E-state index contributed by atoms with van der Waals surface area (Å²) in [5.74, 6) is -0.339. The number of hydrogen-bond acceptors (Lipinski definition) is 7. The van der Waals surface area contributed by atoms with Crippen molar-refractivity contribution in [2.24, 2.45) is 0 Å². The maximum atomic E-state index is 13.2. The highest BCUT2D eigenvalue weighted by atomic mass is 32.2. The molecule has 0 unspecified atom stereocenters. The number of aryl methyl sites for hydroxylation is 1. The molecule has 1 saturated heterocycles. The van der Waals surface area contributed by atoms with Gasteiger partial charge in [-0.3, -0.25) is 9.69 Å².